The summed E-state index contributed by atoms with van der Waals surface area (Å²) in [6.07, 6.45) is 4.65. The van der Waals surface area contributed by atoms with Crippen molar-refractivity contribution >= 4 is 17.5 Å². The van der Waals surface area contributed by atoms with Crippen LogP contribution in [0, 0.1) is 18.4 Å². The first-order valence-corrected chi connectivity index (χ1v) is 4.88. The van der Waals surface area contributed by atoms with Gasteiger partial charge in [-0.25, -0.2) is 4.52 Å². The topological polar surface area (TPSA) is 70.2 Å². The van der Waals surface area contributed by atoms with E-state index in [0.29, 0.717) is 16.8 Å². The molecule has 0 unspecified atom stereocenters. The van der Waals surface area contributed by atoms with E-state index >= 15 is 0 Å². The summed E-state index contributed by atoms with van der Waals surface area (Å²) in [5.74, 6) is -0.272. The average molecular weight is 314 g/mol. The molecule has 2 aromatic heterocycles. The number of carbonyl (C=O) groups excluding carboxylic acids is 1. The van der Waals surface area contributed by atoms with Crippen LogP contribution in [0.4, 0.5) is 0 Å². The number of hydrogen-bond acceptors (Lipinski definition) is 3. The van der Waals surface area contributed by atoms with E-state index < -0.39 is 0 Å². The maximum atomic E-state index is 11.6. The fourth-order valence-corrected chi connectivity index (χ4v) is 1.53. The van der Waals surface area contributed by atoms with Crippen LogP contribution in [0.2, 0.25) is 0 Å². The summed E-state index contributed by atoms with van der Waals surface area (Å²) < 4.78 is 1.58. The van der Waals surface area contributed by atoms with Gasteiger partial charge in [0.2, 0.25) is 5.91 Å². The molecule has 18 heavy (non-hydrogen) atoms. The molecule has 2 heterocycles. The summed E-state index contributed by atoms with van der Waals surface area (Å²) in [6.45, 7) is 0. The van der Waals surface area contributed by atoms with Crippen molar-refractivity contribution in [3.63, 3.8) is 0 Å². The molecule has 2 rings (SSSR count). The predicted molar refractivity (Wildman–Crippen MR) is 62.7 cm³/mol. The fourth-order valence-electron chi connectivity index (χ4n) is 1.53. The van der Waals surface area contributed by atoms with E-state index in [1.165, 1.54) is 6.08 Å². The molecule has 0 aliphatic heterocycles. The average Bonchev–Trinajstić information content (AvgIpc) is 2.77. The van der Waals surface area contributed by atoms with Gasteiger partial charge >= 0.3 is 0 Å². The molecule has 0 aliphatic carbocycles. The fraction of sp³-hybridized carbons (Fsp3) is 0. The van der Waals surface area contributed by atoms with Crippen molar-refractivity contribution in [2.75, 3.05) is 0 Å². The number of amides is 1. The largest absolute Gasteiger partial charge is 0.504 e. The second-order valence-corrected chi connectivity index (χ2v) is 3.29. The number of nitrogens with zero attached hydrogens (tertiary/aromatic N) is 3. The van der Waals surface area contributed by atoms with E-state index in [-0.39, 0.29) is 38.6 Å². The molecule has 0 aliphatic rings. The van der Waals surface area contributed by atoms with Gasteiger partial charge < -0.3 is 5.32 Å². The normalized spacial score (nSPS) is 10.0. The molecular formula is C12H9N4OY-. The summed E-state index contributed by atoms with van der Waals surface area (Å²) in [5.41, 5.74) is 1.79. The maximum Gasteiger partial charge on any atom is 0.224 e. The van der Waals surface area contributed by atoms with Crippen molar-refractivity contribution in [1.82, 2.24) is 14.9 Å². The number of fused-ring (bicyclic) bond motifs is 1. The van der Waals surface area contributed by atoms with Crippen molar-refractivity contribution in [2.24, 2.45) is 0 Å². The number of nitriles is 1. The first kappa shape index (κ1) is 14.6. The monoisotopic (exact) mass is 314 g/mol. The molecule has 0 saturated heterocycles. The van der Waals surface area contributed by atoms with Gasteiger partial charge in [-0.1, -0.05) is 0 Å². The Morgan fingerprint density at radius 3 is 3.06 bits per heavy atom. The summed E-state index contributed by atoms with van der Waals surface area (Å²) in [7, 11) is 3.34. The first-order valence-electron chi connectivity index (χ1n) is 4.88. The number of allylic oxidation sites excluding steroid dienone is 1. The van der Waals surface area contributed by atoms with E-state index in [4.69, 9.17) is 5.26 Å². The number of hydrogen-bond donors (Lipinski definition) is 1. The van der Waals surface area contributed by atoms with Crippen LogP contribution in [0.15, 0.2) is 30.5 Å². The molecule has 0 spiro atoms. The van der Waals surface area contributed by atoms with Gasteiger partial charge in [-0.05, 0) is 24.3 Å². The molecular weight excluding hydrogens is 305 g/mol. The molecule has 1 radical (unpaired) electrons. The molecule has 0 bridgehead atoms. The predicted octanol–water partition coefficient (Wildman–Crippen LogP) is 1.39. The van der Waals surface area contributed by atoms with Crippen LogP contribution in [-0.4, -0.2) is 15.5 Å². The zero-order valence-corrected chi connectivity index (χ0v) is 12.3. The molecule has 0 atom stereocenters. The van der Waals surface area contributed by atoms with E-state index in [9.17, 15) is 4.79 Å². The summed E-state index contributed by atoms with van der Waals surface area (Å²) in [4.78, 5) is 11.6. The molecule has 0 aromatic carbocycles. The molecule has 0 fully saturated rings. The van der Waals surface area contributed by atoms with Gasteiger partial charge in [-0.2, -0.15) is 10.4 Å². The van der Waals surface area contributed by atoms with Crippen molar-refractivity contribution in [2.45, 2.75) is 0 Å². The Morgan fingerprint density at radius 2 is 2.39 bits per heavy atom. The Labute approximate surface area is 129 Å². The third-order valence-corrected chi connectivity index (χ3v) is 2.25. The Balaban J connectivity index is 0.00000162. The number of pyridine rings is 1. The van der Waals surface area contributed by atoms with E-state index in [1.807, 2.05) is 6.07 Å². The van der Waals surface area contributed by atoms with Gasteiger partial charge in [-0.3, -0.25) is 11.8 Å². The van der Waals surface area contributed by atoms with Crippen LogP contribution in [-0.2, 0) is 32.7 Å². The van der Waals surface area contributed by atoms with Crippen LogP contribution in [0.1, 0.15) is 16.1 Å². The number of carbonyl (C=O) groups is 1. The second-order valence-electron chi connectivity index (χ2n) is 3.29. The van der Waals surface area contributed by atoms with Gasteiger partial charge in [0.25, 0.3) is 0 Å². The second kappa shape index (κ2) is 6.43. The molecule has 5 nitrogen and oxygen atoms in total. The summed E-state index contributed by atoms with van der Waals surface area (Å²) >= 11 is 0. The van der Waals surface area contributed by atoms with E-state index in [1.54, 1.807) is 35.0 Å². The minimum atomic E-state index is -0.272. The van der Waals surface area contributed by atoms with Crippen molar-refractivity contribution in [3.8, 4) is 6.07 Å². The number of nitrogens with one attached hydrogen (secondary N) is 1. The molecule has 87 valence electrons. The Bertz CT molecular complexity index is 639. The van der Waals surface area contributed by atoms with E-state index in [0.717, 1.165) is 0 Å². The zero-order valence-electron chi connectivity index (χ0n) is 9.50. The minimum Gasteiger partial charge on any atom is -0.504 e. The van der Waals surface area contributed by atoms with Crippen LogP contribution in [0.3, 0.4) is 0 Å². The van der Waals surface area contributed by atoms with Gasteiger partial charge in [-0.15, -0.1) is 0 Å². The van der Waals surface area contributed by atoms with Gasteiger partial charge in [0.15, 0.2) is 0 Å². The number of rotatable bonds is 2. The van der Waals surface area contributed by atoms with Crippen LogP contribution >= 0.6 is 0 Å². The quantitative estimate of drug-likeness (QED) is 0.673. The van der Waals surface area contributed by atoms with Crippen LogP contribution in [0.25, 0.3) is 11.6 Å². The molecule has 1 amide bonds. The van der Waals surface area contributed by atoms with E-state index in [2.05, 4.69) is 17.5 Å². The Morgan fingerprint density at radius 1 is 1.61 bits per heavy atom. The standard InChI is InChI=1S/C12H9N4O.Y/c1-14-12(17)10-5-3-7-16-11(10)8-9(15-16)4-2-6-13;/h2-5,7-8H,1H2,(H,14,17);/q-1;/b4-2+;. The SMILES string of the molecule is [CH2-]NC(=O)c1cccn2nc(/C=C/C#N)cc12.[Y]. The van der Waals surface area contributed by atoms with Gasteiger partial charge in [0.1, 0.15) is 0 Å². The minimum absolute atomic E-state index is 0. The number of aromatic nitrogens is 2. The zero-order chi connectivity index (χ0) is 12.3. The maximum absolute atomic E-state index is 11.6. The summed E-state index contributed by atoms with van der Waals surface area (Å²) in [5, 5.41) is 15.0. The van der Waals surface area contributed by atoms with Crippen molar-refractivity contribution in [3.05, 3.63) is 48.8 Å². The van der Waals surface area contributed by atoms with Gasteiger partial charge in [0.05, 0.1) is 22.8 Å². The van der Waals surface area contributed by atoms with Crippen LogP contribution < -0.4 is 5.32 Å². The molecule has 0 saturated carbocycles. The molecule has 1 N–H and O–H groups in total. The van der Waals surface area contributed by atoms with Crippen molar-refractivity contribution in [1.29, 1.82) is 5.26 Å². The molecule has 6 heteroatoms. The smallest absolute Gasteiger partial charge is 0.224 e. The Hall–Kier alpha value is -1.51. The Kier molecular flexibility index (Phi) is 5.20. The molecule has 2 aromatic rings. The van der Waals surface area contributed by atoms with Crippen LogP contribution in [0.5, 0.6) is 0 Å². The third-order valence-electron chi connectivity index (χ3n) is 2.25. The van der Waals surface area contributed by atoms with Gasteiger partial charge in [0, 0.05) is 45.0 Å². The first-order chi connectivity index (χ1) is 8.26. The third kappa shape index (κ3) is 2.84. The van der Waals surface area contributed by atoms with Crippen molar-refractivity contribution < 1.29 is 37.5 Å². The summed E-state index contributed by atoms with van der Waals surface area (Å²) in [6, 6.07) is 7.04.